The van der Waals surface area contributed by atoms with Gasteiger partial charge in [-0.2, -0.15) is 4.31 Å². The molecule has 0 radical (unpaired) electrons. The van der Waals surface area contributed by atoms with Crippen molar-refractivity contribution < 1.29 is 22.3 Å². The Labute approximate surface area is 180 Å². The number of anilines is 1. The minimum atomic E-state index is -3.90. The van der Waals surface area contributed by atoms with Gasteiger partial charge in [-0.15, -0.1) is 0 Å². The summed E-state index contributed by atoms with van der Waals surface area (Å²) in [7, 11) is -2.45. The van der Waals surface area contributed by atoms with E-state index in [0.717, 1.165) is 23.3 Å². The number of ether oxygens (including phenoxy) is 1. The minimum Gasteiger partial charge on any atom is -0.495 e. The summed E-state index contributed by atoms with van der Waals surface area (Å²) < 4.78 is 47.4. The van der Waals surface area contributed by atoms with Crippen molar-refractivity contribution in [2.75, 3.05) is 19.0 Å². The Balaban J connectivity index is 1.62. The number of nitrogens with one attached hydrogen (secondary N) is 1. The molecule has 0 bridgehead atoms. The molecule has 0 atom stereocenters. The average molecular weight is 440 g/mol. The van der Waals surface area contributed by atoms with Crippen LogP contribution in [0.2, 0.25) is 0 Å². The Morgan fingerprint density at radius 1 is 1.03 bits per heavy atom. The number of nitrogens with zero attached hydrogens (tertiary/aromatic N) is 1. The molecular weight excluding hydrogens is 419 g/mol. The highest BCUT2D eigenvalue weighted by Crippen LogP contribution is 2.27. The zero-order valence-corrected chi connectivity index (χ0v) is 17.7. The van der Waals surface area contributed by atoms with Crippen molar-refractivity contribution in [3.8, 4) is 5.75 Å². The molecule has 8 heteroatoms. The van der Waals surface area contributed by atoms with Crippen LogP contribution in [0.25, 0.3) is 0 Å². The van der Waals surface area contributed by atoms with E-state index >= 15 is 0 Å². The van der Waals surface area contributed by atoms with Crippen LogP contribution in [-0.4, -0.2) is 32.3 Å². The molecule has 0 saturated carbocycles. The van der Waals surface area contributed by atoms with Gasteiger partial charge in [0.2, 0.25) is 10.0 Å². The first-order valence-corrected chi connectivity index (χ1v) is 11.1. The lowest BCUT2D eigenvalue weighted by Crippen LogP contribution is -2.36. The van der Waals surface area contributed by atoms with Crippen LogP contribution in [0.3, 0.4) is 0 Å². The van der Waals surface area contributed by atoms with Crippen LogP contribution in [0.15, 0.2) is 71.6 Å². The maximum absolute atomic E-state index is 14.4. The Hall–Kier alpha value is -3.23. The van der Waals surface area contributed by atoms with E-state index in [2.05, 4.69) is 5.32 Å². The van der Waals surface area contributed by atoms with Gasteiger partial charge in [-0.1, -0.05) is 36.4 Å². The minimum absolute atomic E-state index is 0.126. The molecule has 160 valence electrons. The summed E-state index contributed by atoms with van der Waals surface area (Å²) in [6, 6.07) is 17.6. The molecule has 0 spiro atoms. The van der Waals surface area contributed by atoms with Crippen molar-refractivity contribution >= 4 is 21.6 Å². The zero-order valence-electron chi connectivity index (χ0n) is 16.8. The van der Waals surface area contributed by atoms with E-state index in [1.807, 2.05) is 24.3 Å². The van der Waals surface area contributed by atoms with Crippen molar-refractivity contribution in [3.63, 3.8) is 0 Å². The number of sulfonamides is 1. The summed E-state index contributed by atoms with van der Waals surface area (Å²) in [5, 5.41) is 2.58. The highest BCUT2D eigenvalue weighted by Gasteiger charge is 2.29. The van der Waals surface area contributed by atoms with Crippen molar-refractivity contribution in [3.05, 3.63) is 89.2 Å². The van der Waals surface area contributed by atoms with E-state index in [4.69, 9.17) is 4.74 Å². The monoisotopic (exact) mass is 440 g/mol. The molecule has 0 unspecified atom stereocenters. The van der Waals surface area contributed by atoms with E-state index in [9.17, 15) is 17.6 Å². The first kappa shape index (κ1) is 21.0. The molecule has 0 fully saturated rings. The number of carbonyl (C=O) groups is 1. The zero-order chi connectivity index (χ0) is 22.0. The Bertz CT molecular complexity index is 1240. The first-order valence-electron chi connectivity index (χ1n) is 9.71. The molecule has 0 aromatic heterocycles. The van der Waals surface area contributed by atoms with E-state index in [-0.39, 0.29) is 17.0 Å². The summed E-state index contributed by atoms with van der Waals surface area (Å²) in [6.45, 7) is 0.554. The smallest absolute Gasteiger partial charge is 0.258 e. The molecular formula is C23H21FN2O4S. The number of amides is 1. The average Bonchev–Trinajstić information content (AvgIpc) is 2.79. The van der Waals surface area contributed by atoms with Crippen molar-refractivity contribution in [2.24, 2.45) is 0 Å². The van der Waals surface area contributed by atoms with Crippen LogP contribution in [0.4, 0.5) is 10.1 Å². The van der Waals surface area contributed by atoms with Gasteiger partial charge in [0.25, 0.3) is 5.91 Å². The predicted octanol–water partition coefficient (Wildman–Crippen LogP) is 3.83. The van der Waals surface area contributed by atoms with Gasteiger partial charge in [-0.3, -0.25) is 4.79 Å². The number of carbonyl (C=O) groups excluding carboxylic acids is 1. The van der Waals surface area contributed by atoms with Crippen molar-refractivity contribution in [1.82, 2.24) is 4.31 Å². The van der Waals surface area contributed by atoms with Gasteiger partial charge in [-0.25, -0.2) is 12.8 Å². The molecule has 1 amide bonds. The molecule has 1 heterocycles. The van der Waals surface area contributed by atoms with Gasteiger partial charge >= 0.3 is 0 Å². The van der Waals surface area contributed by atoms with Crippen LogP contribution in [0.5, 0.6) is 5.75 Å². The number of fused-ring (bicyclic) bond motifs is 1. The predicted molar refractivity (Wildman–Crippen MR) is 115 cm³/mol. The van der Waals surface area contributed by atoms with Gasteiger partial charge in [0.05, 0.1) is 23.3 Å². The lowest BCUT2D eigenvalue weighted by Gasteiger charge is -2.28. The van der Waals surface area contributed by atoms with Crippen molar-refractivity contribution in [1.29, 1.82) is 0 Å². The second kappa shape index (κ2) is 8.49. The van der Waals surface area contributed by atoms with E-state index in [1.165, 1.54) is 17.5 Å². The molecule has 6 nitrogen and oxygen atoms in total. The van der Waals surface area contributed by atoms with Crippen LogP contribution < -0.4 is 10.1 Å². The molecule has 1 aliphatic rings. The molecule has 1 N–H and O–H groups in total. The fourth-order valence-corrected chi connectivity index (χ4v) is 5.05. The van der Waals surface area contributed by atoms with Crippen LogP contribution in [-0.2, 0) is 23.0 Å². The molecule has 0 aliphatic carbocycles. The number of benzene rings is 3. The highest BCUT2D eigenvalue weighted by atomic mass is 32.2. The lowest BCUT2D eigenvalue weighted by atomic mass is 10.0. The molecule has 4 rings (SSSR count). The van der Waals surface area contributed by atoms with E-state index in [1.54, 1.807) is 24.3 Å². The fourth-order valence-electron chi connectivity index (χ4n) is 3.60. The Kier molecular flexibility index (Phi) is 5.75. The third-order valence-corrected chi connectivity index (χ3v) is 7.11. The number of halogens is 1. The summed E-state index contributed by atoms with van der Waals surface area (Å²) in [5.74, 6) is -1.16. The summed E-state index contributed by atoms with van der Waals surface area (Å²) in [6.07, 6.45) is 0.595. The second-order valence-corrected chi connectivity index (χ2v) is 9.09. The maximum atomic E-state index is 14.4. The maximum Gasteiger partial charge on any atom is 0.258 e. The molecule has 0 saturated heterocycles. The van der Waals surface area contributed by atoms with Crippen LogP contribution >= 0.6 is 0 Å². The molecule has 3 aromatic carbocycles. The number of para-hydroxylation sites is 2. The van der Waals surface area contributed by atoms with E-state index in [0.29, 0.717) is 24.4 Å². The SMILES string of the molecule is COc1ccccc1NC(=O)c1cc(S(=O)(=O)N2CCc3ccccc3C2)ccc1F. The summed E-state index contributed by atoms with van der Waals surface area (Å²) in [5.41, 5.74) is 2.05. The number of hydrogen-bond donors (Lipinski definition) is 1. The Morgan fingerprint density at radius 3 is 2.52 bits per heavy atom. The van der Waals surface area contributed by atoms with Gasteiger partial charge in [0.1, 0.15) is 11.6 Å². The molecule has 31 heavy (non-hydrogen) atoms. The van der Waals surface area contributed by atoms with Crippen molar-refractivity contribution in [2.45, 2.75) is 17.9 Å². The fraction of sp³-hybridized carbons (Fsp3) is 0.174. The third kappa shape index (κ3) is 4.17. The lowest BCUT2D eigenvalue weighted by molar-refractivity contribution is 0.102. The van der Waals surface area contributed by atoms with Gasteiger partial charge in [0, 0.05) is 13.1 Å². The third-order valence-electron chi connectivity index (χ3n) is 5.27. The number of rotatable bonds is 5. The quantitative estimate of drug-likeness (QED) is 0.654. The standard InChI is InChI=1S/C23H21FN2O4S/c1-30-22-9-5-4-8-21(22)25-23(27)19-14-18(10-11-20(19)24)31(28,29)26-13-12-16-6-2-3-7-17(16)15-26/h2-11,14H,12-13,15H2,1H3,(H,25,27). The Morgan fingerprint density at radius 2 is 1.74 bits per heavy atom. The largest absolute Gasteiger partial charge is 0.495 e. The van der Waals surface area contributed by atoms with Crippen LogP contribution in [0.1, 0.15) is 21.5 Å². The highest BCUT2D eigenvalue weighted by molar-refractivity contribution is 7.89. The first-order chi connectivity index (χ1) is 14.9. The molecule has 3 aromatic rings. The van der Waals surface area contributed by atoms with E-state index < -0.39 is 21.7 Å². The topological polar surface area (TPSA) is 75.7 Å². The number of methoxy groups -OCH3 is 1. The van der Waals surface area contributed by atoms with Gasteiger partial charge in [-0.05, 0) is 47.9 Å². The summed E-state index contributed by atoms with van der Waals surface area (Å²) >= 11 is 0. The summed E-state index contributed by atoms with van der Waals surface area (Å²) in [4.78, 5) is 12.6. The van der Waals surface area contributed by atoms with Crippen LogP contribution in [0, 0.1) is 5.82 Å². The van der Waals surface area contributed by atoms with Gasteiger partial charge in [0.15, 0.2) is 0 Å². The normalized spacial score (nSPS) is 14.0. The molecule has 1 aliphatic heterocycles. The number of hydrogen-bond acceptors (Lipinski definition) is 4. The van der Waals surface area contributed by atoms with Gasteiger partial charge < -0.3 is 10.1 Å². The second-order valence-electron chi connectivity index (χ2n) is 7.15.